The van der Waals surface area contributed by atoms with E-state index in [1.54, 1.807) is 0 Å². The highest BCUT2D eigenvalue weighted by atomic mass is 16.7. The van der Waals surface area contributed by atoms with Gasteiger partial charge >= 0.3 is 11.3 Å². The number of hydrogen-bond donors (Lipinski definition) is 14. The number of benzene rings is 2. The monoisotopic (exact) mass is 773 g/mol. The van der Waals surface area contributed by atoms with Crippen LogP contribution in [0.2, 0.25) is 0 Å². The Hall–Kier alpha value is -3.75. The molecule has 0 spiro atoms. The van der Waals surface area contributed by atoms with E-state index in [1.165, 1.54) is 12.1 Å². The van der Waals surface area contributed by atoms with Crippen molar-refractivity contribution in [1.29, 1.82) is 0 Å². The van der Waals surface area contributed by atoms with Crippen molar-refractivity contribution >= 4 is 11.0 Å². The number of aliphatic hydroxyl groups excluding tert-OH is 12. The van der Waals surface area contributed by atoms with Crippen LogP contribution in [0.4, 0.5) is 0 Å². The highest BCUT2D eigenvalue weighted by Gasteiger charge is 2.48. The number of phenols is 2. The van der Waals surface area contributed by atoms with E-state index in [1.807, 2.05) is 0 Å². The number of phenolic OH excluding ortho intramolecular Hbond substituents is 2. The van der Waals surface area contributed by atoms with Crippen molar-refractivity contribution in [2.24, 2.45) is 0 Å². The van der Waals surface area contributed by atoms with Gasteiger partial charge in [-0.05, 0) is 12.1 Å². The van der Waals surface area contributed by atoms with E-state index in [9.17, 15) is 71.5 Å². The summed E-state index contributed by atoms with van der Waals surface area (Å²) in [6, 6.07) is 6.96. The van der Waals surface area contributed by atoms with Crippen LogP contribution < -0.4 is 14.2 Å². The van der Waals surface area contributed by atoms with Gasteiger partial charge in [0.15, 0.2) is 11.5 Å². The average Bonchev–Trinajstić information content (AvgIpc) is 3.16. The Labute approximate surface area is 303 Å². The lowest BCUT2D eigenvalue weighted by Gasteiger charge is -2.39. The van der Waals surface area contributed by atoms with Gasteiger partial charge in [-0.15, -0.1) is 0 Å². The highest BCUT2D eigenvalue weighted by molar-refractivity contribution is 5.89. The summed E-state index contributed by atoms with van der Waals surface area (Å²) >= 11 is 0. The Morgan fingerprint density at radius 1 is 0.500 bits per heavy atom. The molecule has 3 aliphatic rings. The molecule has 0 aliphatic carbocycles. The molecular formula is C33H41O21+. The van der Waals surface area contributed by atoms with Crippen LogP contribution in [0, 0.1) is 0 Å². The smallest absolute Gasteiger partial charge is 0.402 e. The fourth-order valence-electron chi connectivity index (χ4n) is 6.18. The summed E-state index contributed by atoms with van der Waals surface area (Å²) in [7, 11) is 0. The molecule has 3 aromatic rings. The zero-order valence-corrected chi connectivity index (χ0v) is 27.9. The van der Waals surface area contributed by atoms with E-state index in [-0.39, 0.29) is 33.8 Å². The van der Waals surface area contributed by atoms with Crippen LogP contribution in [0.1, 0.15) is 0 Å². The zero-order valence-electron chi connectivity index (χ0n) is 27.9. The maximum Gasteiger partial charge on any atom is 0.402 e. The van der Waals surface area contributed by atoms with E-state index in [0.717, 1.165) is 24.3 Å². The molecule has 6 rings (SSSR count). The third-order valence-electron chi connectivity index (χ3n) is 9.30. The average molecular weight is 774 g/mol. The number of fused-ring (bicyclic) bond motifs is 1. The highest BCUT2D eigenvalue weighted by Crippen LogP contribution is 2.44. The van der Waals surface area contributed by atoms with Crippen molar-refractivity contribution in [2.45, 2.75) is 92.1 Å². The Morgan fingerprint density at radius 2 is 0.944 bits per heavy atom. The second-order valence-corrected chi connectivity index (χ2v) is 12.9. The molecule has 3 saturated heterocycles. The Balaban J connectivity index is 1.43. The van der Waals surface area contributed by atoms with Gasteiger partial charge < -0.3 is 99.9 Å². The summed E-state index contributed by atoms with van der Waals surface area (Å²) < 4.78 is 39.8. The van der Waals surface area contributed by atoms with Crippen LogP contribution in [-0.2, 0) is 14.2 Å². The second-order valence-electron chi connectivity index (χ2n) is 12.9. The van der Waals surface area contributed by atoms with E-state index >= 15 is 0 Å². The molecule has 0 radical (unpaired) electrons. The van der Waals surface area contributed by atoms with Crippen LogP contribution in [0.3, 0.4) is 0 Å². The molecule has 15 atom stereocenters. The molecule has 1 aromatic heterocycles. The van der Waals surface area contributed by atoms with Crippen molar-refractivity contribution in [1.82, 2.24) is 0 Å². The topological polar surface area (TPSA) is 350 Å². The summed E-state index contributed by atoms with van der Waals surface area (Å²) in [5.41, 5.74) is -0.149. The molecule has 54 heavy (non-hydrogen) atoms. The lowest BCUT2D eigenvalue weighted by Crippen LogP contribution is -2.60. The first-order valence-electron chi connectivity index (χ1n) is 16.6. The fraction of sp³-hybridized carbons (Fsp3) is 0.545. The number of rotatable bonds is 10. The molecular weight excluding hydrogens is 732 g/mol. The molecule has 0 amide bonds. The van der Waals surface area contributed by atoms with Gasteiger partial charge in [0.2, 0.25) is 24.6 Å². The van der Waals surface area contributed by atoms with Gasteiger partial charge in [-0.25, -0.2) is 4.42 Å². The molecule has 0 bridgehead atoms. The first-order chi connectivity index (χ1) is 25.7. The lowest BCUT2D eigenvalue weighted by molar-refractivity contribution is -0.277. The minimum atomic E-state index is -1.92. The summed E-state index contributed by atoms with van der Waals surface area (Å²) in [4.78, 5) is 0. The predicted molar refractivity (Wildman–Crippen MR) is 173 cm³/mol. The normalized spacial score (nSPS) is 37.2. The summed E-state index contributed by atoms with van der Waals surface area (Å²) in [5, 5.41) is 144. The van der Waals surface area contributed by atoms with E-state index in [4.69, 9.17) is 32.8 Å². The van der Waals surface area contributed by atoms with E-state index in [0.29, 0.717) is 0 Å². The first kappa shape index (κ1) is 39.9. The third kappa shape index (κ3) is 7.58. The Bertz CT molecular complexity index is 1750. The summed E-state index contributed by atoms with van der Waals surface area (Å²) in [6.07, 6.45) is -25.6. The third-order valence-corrected chi connectivity index (χ3v) is 9.30. The number of aromatic hydroxyl groups is 2. The van der Waals surface area contributed by atoms with Crippen LogP contribution in [-0.4, -0.2) is 183 Å². The van der Waals surface area contributed by atoms with Crippen LogP contribution in [0.15, 0.2) is 40.8 Å². The quantitative estimate of drug-likeness (QED) is 0.0861. The van der Waals surface area contributed by atoms with Gasteiger partial charge in [0, 0.05) is 18.2 Å². The van der Waals surface area contributed by atoms with Gasteiger partial charge in [-0.2, -0.15) is 0 Å². The maximum absolute atomic E-state index is 10.8. The number of hydrogen-bond acceptors (Lipinski definition) is 20. The Morgan fingerprint density at radius 3 is 1.41 bits per heavy atom. The minimum Gasteiger partial charge on any atom is -0.507 e. The molecule has 298 valence electrons. The van der Waals surface area contributed by atoms with Crippen LogP contribution in [0.25, 0.3) is 22.3 Å². The van der Waals surface area contributed by atoms with E-state index in [2.05, 4.69) is 0 Å². The molecule has 0 saturated carbocycles. The minimum absolute atomic E-state index is 0.00799. The number of aliphatic hydroxyl groups is 12. The second kappa shape index (κ2) is 16.2. The Kier molecular flexibility index (Phi) is 11.9. The lowest BCUT2D eigenvalue weighted by atomic mass is 9.99. The van der Waals surface area contributed by atoms with E-state index < -0.39 is 129 Å². The molecule has 2 aromatic carbocycles. The van der Waals surface area contributed by atoms with Crippen molar-refractivity contribution < 1.29 is 104 Å². The molecule has 21 heteroatoms. The van der Waals surface area contributed by atoms with Gasteiger partial charge in [0.1, 0.15) is 90.1 Å². The first-order valence-corrected chi connectivity index (χ1v) is 16.6. The molecule has 4 heterocycles. The predicted octanol–water partition coefficient (Wildman–Crippen LogP) is -4.67. The van der Waals surface area contributed by atoms with Gasteiger partial charge in [0.25, 0.3) is 0 Å². The maximum atomic E-state index is 10.8. The molecule has 3 aliphatic heterocycles. The molecule has 14 N–H and O–H groups in total. The SMILES string of the molecule is OCC1O[C@@H](Oc2cc3c(O[C@@H]4OC(CO)[C@@H](O)[C@H](O)C4O)cc(O)cc3[o+]c2-c2ccc(O)c(O[C@H]3OC(CO)[C@@H](O)[C@H](O)C3O)c2)C(O)C(O)[C@@H]1O. The van der Waals surface area contributed by atoms with Crippen molar-refractivity contribution in [2.75, 3.05) is 19.8 Å². The van der Waals surface area contributed by atoms with Gasteiger partial charge in [0.05, 0.1) is 31.5 Å². The van der Waals surface area contributed by atoms with Gasteiger partial charge in [-0.1, -0.05) is 0 Å². The summed E-state index contributed by atoms with van der Waals surface area (Å²) in [6.45, 7) is -2.33. The summed E-state index contributed by atoms with van der Waals surface area (Å²) in [5.74, 6) is -2.25. The van der Waals surface area contributed by atoms with Crippen molar-refractivity contribution in [3.05, 3.63) is 36.4 Å². The van der Waals surface area contributed by atoms with Crippen LogP contribution in [0.5, 0.6) is 28.7 Å². The van der Waals surface area contributed by atoms with Gasteiger partial charge in [-0.3, -0.25) is 0 Å². The van der Waals surface area contributed by atoms with Crippen LogP contribution >= 0.6 is 0 Å². The molecule has 21 nitrogen and oxygen atoms in total. The fourth-order valence-corrected chi connectivity index (χ4v) is 6.18. The molecule has 3 fully saturated rings. The van der Waals surface area contributed by atoms with Crippen molar-refractivity contribution in [3.8, 4) is 40.1 Å². The zero-order chi connectivity index (χ0) is 39.2. The van der Waals surface area contributed by atoms with Crippen molar-refractivity contribution in [3.63, 3.8) is 0 Å². The standard InChI is InChI=1S/C33H40O21/c34-7-18-21(39)24(42)27(45)31(52-18)49-15-5-11(37)4-14-12(15)6-17(51-33-29(47)26(44)23(41)20(9-36)54-33)30(48-14)10-1-2-13(38)16(3-10)50-32-28(46)25(43)22(40)19(8-35)53-32/h1-6,18-29,31-36,39-47H,7-9H2,(H-,37,38)/p+1/t18?,19?,20?,21-,22-,23-,24+,25+,26?,27?,28?,29?,31-,32+,33-/m1/s1. The molecule has 7 unspecified atom stereocenters. The number of ether oxygens (including phenoxy) is 6. The largest absolute Gasteiger partial charge is 0.507 e.